The molecule has 138 valence electrons. The van der Waals surface area contributed by atoms with Crippen LogP contribution in [-0.4, -0.2) is 37.5 Å². The van der Waals surface area contributed by atoms with E-state index in [9.17, 15) is 15.3 Å². The number of rotatable bonds is 0. The van der Waals surface area contributed by atoms with Crippen molar-refractivity contribution in [3.8, 4) is 0 Å². The first-order valence-electron chi connectivity index (χ1n) is 9.83. The Bertz CT molecular complexity index is 537. The summed E-state index contributed by atoms with van der Waals surface area (Å²) in [6.45, 7) is 6.61. The van der Waals surface area contributed by atoms with Gasteiger partial charge in [-0.2, -0.15) is 0 Å². The zero-order chi connectivity index (χ0) is 17.5. The minimum absolute atomic E-state index is 0.00746. The Kier molecular flexibility index (Phi) is 3.85. The van der Waals surface area contributed by atoms with Crippen molar-refractivity contribution in [2.75, 3.05) is 0 Å². The second kappa shape index (κ2) is 5.21. The van der Waals surface area contributed by atoms with Crippen LogP contribution in [0.1, 0.15) is 72.1 Å². The normalized spacial score (nSPS) is 63.4. The van der Waals surface area contributed by atoms with Crippen molar-refractivity contribution < 1.29 is 15.3 Å². The molecule has 24 heavy (non-hydrogen) atoms. The maximum absolute atomic E-state index is 11.5. The zero-order valence-corrected chi connectivity index (χ0v) is 16.8. The van der Waals surface area contributed by atoms with Crippen LogP contribution in [-0.2, 0) is 0 Å². The highest BCUT2D eigenvalue weighted by atomic mass is 79.9. The Morgan fingerprint density at radius 1 is 0.875 bits per heavy atom. The molecule has 0 bridgehead atoms. The third-order valence-electron chi connectivity index (χ3n) is 9.11. The standard InChI is InChI=1S/C20H33BrO3/c1-17-8-7-15-13(14(17)4-5-16(17)23)11-19(3,24)20(21)10-12(22)6-9-18(15,20)2/h12-16,22-24H,4-11H2,1-3H3/t12?,13-,14-,15+,16?,17-,18+,19?,20?/m0/s1. The summed E-state index contributed by atoms with van der Waals surface area (Å²) in [6.07, 6.45) is 7.02. The first kappa shape index (κ1) is 17.8. The lowest BCUT2D eigenvalue weighted by Crippen LogP contribution is -2.70. The van der Waals surface area contributed by atoms with Gasteiger partial charge in [-0.25, -0.2) is 0 Å². The number of hydrogen-bond donors (Lipinski definition) is 3. The van der Waals surface area contributed by atoms with Crippen molar-refractivity contribution in [3.63, 3.8) is 0 Å². The quantitative estimate of drug-likeness (QED) is 0.544. The van der Waals surface area contributed by atoms with Crippen LogP contribution in [0.2, 0.25) is 0 Å². The molecule has 4 aliphatic rings. The van der Waals surface area contributed by atoms with Gasteiger partial charge in [-0.05, 0) is 86.9 Å². The van der Waals surface area contributed by atoms with Gasteiger partial charge in [-0.15, -0.1) is 0 Å². The van der Waals surface area contributed by atoms with E-state index in [2.05, 4.69) is 29.8 Å². The molecule has 0 amide bonds. The fourth-order valence-electron chi connectivity index (χ4n) is 7.60. The van der Waals surface area contributed by atoms with Gasteiger partial charge in [-0.1, -0.05) is 29.8 Å². The van der Waals surface area contributed by atoms with Crippen molar-refractivity contribution >= 4 is 15.9 Å². The number of alkyl halides is 1. The van der Waals surface area contributed by atoms with E-state index in [4.69, 9.17) is 0 Å². The van der Waals surface area contributed by atoms with Crippen LogP contribution in [0.3, 0.4) is 0 Å². The van der Waals surface area contributed by atoms with E-state index in [0.29, 0.717) is 24.2 Å². The maximum Gasteiger partial charge on any atom is 0.0781 e. The molecule has 0 spiro atoms. The van der Waals surface area contributed by atoms with E-state index in [1.165, 1.54) is 0 Å². The summed E-state index contributed by atoms with van der Waals surface area (Å²) in [5, 5.41) is 32.4. The summed E-state index contributed by atoms with van der Waals surface area (Å²) < 4.78 is -0.406. The Morgan fingerprint density at radius 2 is 1.58 bits per heavy atom. The first-order valence-corrected chi connectivity index (χ1v) is 10.6. The molecule has 4 saturated carbocycles. The Labute approximate surface area is 154 Å². The molecular weight excluding hydrogens is 368 g/mol. The molecule has 0 aromatic heterocycles. The lowest BCUT2D eigenvalue weighted by atomic mass is 9.42. The highest BCUT2D eigenvalue weighted by Crippen LogP contribution is 2.71. The van der Waals surface area contributed by atoms with Crippen LogP contribution in [0.5, 0.6) is 0 Å². The van der Waals surface area contributed by atoms with Crippen LogP contribution in [0, 0.1) is 28.6 Å². The number of aliphatic hydroxyl groups is 3. The van der Waals surface area contributed by atoms with E-state index >= 15 is 0 Å². The number of hydrogen-bond acceptors (Lipinski definition) is 3. The molecular formula is C20H33BrO3. The SMILES string of the molecule is CC1(O)C[C@@H]2[C@@H](CC[C@]3(C)C(O)CC[C@@H]23)[C@@]2(C)CCC(O)CC12Br. The molecule has 3 N–H and O–H groups in total. The summed E-state index contributed by atoms with van der Waals surface area (Å²) in [7, 11) is 0. The van der Waals surface area contributed by atoms with Crippen molar-refractivity contribution in [1.82, 2.24) is 0 Å². The van der Waals surface area contributed by atoms with Gasteiger partial charge in [0, 0.05) is 0 Å². The van der Waals surface area contributed by atoms with Crippen LogP contribution >= 0.6 is 15.9 Å². The first-order chi connectivity index (χ1) is 11.1. The largest absolute Gasteiger partial charge is 0.393 e. The van der Waals surface area contributed by atoms with E-state index in [-0.39, 0.29) is 23.0 Å². The van der Waals surface area contributed by atoms with Crippen LogP contribution in [0.4, 0.5) is 0 Å². The minimum Gasteiger partial charge on any atom is -0.393 e. The lowest BCUT2D eigenvalue weighted by molar-refractivity contribution is -0.192. The molecule has 3 nitrogen and oxygen atoms in total. The summed E-state index contributed by atoms with van der Waals surface area (Å²) in [5.74, 6) is 1.59. The van der Waals surface area contributed by atoms with E-state index in [1.807, 2.05) is 6.92 Å². The molecule has 4 rings (SSSR count). The molecule has 0 aliphatic heterocycles. The topological polar surface area (TPSA) is 60.7 Å². The number of fused-ring (bicyclic) bond motifs is 5. The third-order valence-corrected chi connectivity index (χ3v) is 11.2. The van der Waals surface area contributed by atoms with Crippen LogP contribution in [0.25, 0.3) is 0 Å². The van der Waals surface area contributed by atoms with Gasteiger partial charge >= 0.3 is 0 Å². The summed E-state index contributed by atoms with van der Waals surface area (Å²) in [6, 6.07) is 0. The van der Waals surface area contributed by atoms with Gasteiger partial charge in [0.1, 0.15) is 0 Å². The Morgan fingerprint density at radius 3 is 2.29 bits per heavy atom. The van der Waals surface area contributed by atoms with Crippen molar-refractivity contribution in [1.29, 1.82) is 0 Å². The molecule has 0 saturated heterocycles. The van der Waals surface area contributed by atoms with E-state index in [0.717, 1.165) is 44.9 Å². The predicted molar refractivity (Wildman–Crippen MR) is 97.9 cm³/mol. The molecule has 4 heteroatoms. The zero-order valence-electron chi connectivity index (χ0n) is 15.3. The molecule has 0 aromatic rings. The molecule has 4 unspecified atom stereocenters. The maximum atomic E-state index is 11.5. The van der Waals surface area contributed by atoms with Crippen molar-refractivity contribution in [2.45, 2.75) is 94.3 Å². The fourth-order valence-corrected chi connectivity index (χ4v) is 8.62. The Balaban J connectivity index is 1.76. The second-order valence-corrected chi connectivity index (χ2v) is 11.5. The van der Waals surface area contributed by atoms with Gasteiger partial charge in [0.15, 0.2) is 0 Å². The van der Waals surface area contributed by atoms with Crippen molar-refractivity contribution in [2.24, 2.45) is 28.6 Å². The third kappa shape index (κ3) is 2.00. The molecule has 4 fully saturated rings. The predicted octanol–water partition coefficient (Wildman–Crippen LogP) is 3.63. The average molecular weight is 401 g/mol. The molecule has 0 aromatic carbocycles. The lowest BCUT2D eigenvalue weighted by Gasteiger charge is -2.68. The molecule has 0 heterocycles. The smallest absolute Gasteiger partial charge is 0.0781 e. The highest BCUT2D eigenvalue weighted by Gasteiger charge is 2.70. The summed E-state index contributed by atoms with van der Waals surface area (Å²) in [5.41, 5.74) is -0.780. The van der Waals surface area contributed by atoms with Gasteiger partial charge in [0.2, 0.25) is 0 Å². The fraction of sp³-hybridized carbons (Fsp3) is 1.00. The van der Waals surface area contributed by atoms with Crippen molar-refractivity contribution in [3.05, 3.63) is 0 Å². The molecule has 9 atom stereocenters. The van der Waals surface area contributed by atoms with Crippen LogP contribution in [0.15, 0.2) is 0 Å². The molecule has 0 radical (unpaired) electrons. The minimum atomic E-state index is -0.823. The highest BCUT2D eigenvalue weighted by molar-refractivity contribution is 9.10. The number of aliphatic hydroxyl groups excluding tert-OH is 2. The van der Waals surface area contributed by atoms with Gasteiger partial charge < -0.3 is 15.3 Å². The monoisotopic (exact) mass is 400 g/mol. The summed E-state index contributed by atoms with van der Waals surface area (Å²) >= 11 is 3.99. The molecule has 4 aliphatic carbocycles. The van der Waals surface area contributed by atoms with Crippen LogP contribution < -0.4 is 0 Å². The number of halogens is 1. The van der Waals surface area contributed by atoms with Gasteiger partial charge in [0.05, 0.1) is 22.1 Å². The van der Waals surface area contributed by atoms with Gasteiger partial charge in [-0.3, -0.25) is 0 Å². The van der Waals surface area contributed by atoms with E-state index < -0.39 is 9.93 Å². The average Bonchev–Trinajstić information content (AvgIpc) is 2.79. The Hall–Kier alpha value is 0.360. The van der Waals surface area contributed by atoms with E-state index in [1.54, 1.807) is 0 Å². The second-order valence-electron chi connectivity index (χ2n) is 10.1. The summed E-state index contributed by atoms with van der Waals surface area (Å²) in [4.78, 5) is 0. The van der Waals surface area contributed by atoms with Gasteiger partial charge in [0.25, 0.3) is 0 Å².